The first-order valence-corrected chi connectivity index (χ1v) is 8.20. The van der Waals surface area contributed by atoms with Crippen LogP contribution in [0.5, 0.6) is 0 Å². The van der Waals surface area contributed by atoms with Crippen LogP contribution >= 0.6 is 0 Å². The fourth-order valence-electron chi connectivity index (χ4n) is 2.75. The Hall–Kier alpha value is -1.09. The molecule has 1 unspecified atom stereocenters. The van der Waals surface area contributed by atoms with Gasteiger partial charge in [-0.1, -0.05) is 13.0 Å². The monoisotopic (exact) mass is 273 g/mol. The Bertz CT molecular complexity index is 406. The molecule has 110 valence electrons. The van der Waals surface area contributed by atoms with E-state index in [1.54, 1.807) is 0 Å². The van der Waals surface area contributed by atoms with Crippen LogP contribution in [-0.4, -0.2) is 24.6 Å². The summed E-state index contributed by atoms with van der Waals surface area (Å²) < 4.78 is 0. The first-order chi connectivity index (χ1) is 9.76. The molecule has 0 amide bonds. The van der Waals surface area contributed by atoms with Crippen molar-refractivity contribution in [2.75, 3.05) is 24.5 Å². The molecule has 1 aromatic rings. The zero-order valence-corrected chi connectivity index (χ0v) is 12.8. The fourth-order valence-corrected chi connectivity index (χ4v) is 2.75. The van der Waals surface area contributed by atoms with Crippen molar-refractivity contribution in [2.24, 2.45) is 11.8 Å². The van der Waals surface area contributed by atoms with Gasteiger partial charge >= 0.3 is 0 Å². The lowest BCUT2D eigenvalue weighted by Gasteiger charge is -2.24. The van der Waals surface area contributed by atoms with E-state index in [-0.39, 0.29) is 0 Å². The van der Waals surface area contributed by atoms with E-state index in [1.807, 2.05) is 0 Å². The number of nitrogens with one attached hydrogen (secondary N) is 1. The van der Waals surface area contributed by atoms with Crippen LogP contribution in [0.1, 0.15) is 51.1 Å². The van der Waals surface area contributed by atoms with Gasteiger partial charge in [-0.05, 0) is 62.6 Å². The summed E-state index contributed by atoms with van der Waals surface area (Å²) in [6.45, 7) is 7.77. The molecule has 20 heavy (non-hydrogen) atoms. The van der Waals surface area contributed by atoms with Crippen molar-refractivity contribution < 1.29 is 0 Å². The van der Waals surface area contributed by atoms with Crippen LogP contribution in [0.4, 0.5) is 5.82 Å². The molecule has 1 aromatic heterocycles. The van der Waals surface area contributed by atoms with Gasteiger partial charge in [0.25, 0.3) is 0 Å². The molecule has 0 aromatic carbocycles. The number of hydrogen-bond acceptors (Lipinski definition) is 3. The zero-order valence-electron chi connectivity index (χ0n) is 12.8. The molecule has 0 saturated heterocycles. The van der Waals surface area contributed by atoms with E-state index in [0.29, 0.717) is 6.04 Å². The van der Waals surface area contributed by atoms with Crippen molar-refractivity contribution in [2.45, 2.75) is 45.6 Å². The van der Waals surface area contributed by atoms with E-state index in [4.69, 9.17) is 4.98 Å². The van der Waals surface area contributed by atoms with E-state index >= 15 is 0 Å². The SMILES string of the molecule is CCNC(C)c1ccc(N(CC2CC2)CC2CC2)nc1. The van der Waals surface area contributed by atoms with Crippen molar-refractivity contribution >= 4 is 5.82 Å². The topological polar surface area (TPSA) is 28.2 Å². The van der Waals surface area contributed by atoms with E-state index in [2.05, 4.69) is 42.4 Å². The Morgan fingerprint density at radius 2 is 1.85 bits per heavy atom. The Morgan fingerprint density at radius 3 is 2.30 bits per heavy atom. The lowest BCUT2D eigenvalue weighted by molar-refractivity contribution is 0.595. The molecular weight excluding hydrogens is 246 g/mol. The molecule has 3 rings (SSSR count). The second kappa shape index (κ2) is 6.13. The third kappa shape index (κ3) is 3.72. The van der Waals surface area contributed by atoms with Crippen LogP contribution in [0, 0.1) is 11.8 Å². The third-order valence-corrected chi connectivity index (χ3v) is 4.46. The first-order valence-electron chi connectivity index (χ1n) is 8.20. The minimum Gasteiger partial charge on any atom is -0.356 e. The normalized spacial score (nSPS) is 19.9. The first kappa shape index (κ1) is 13.9. The van der Waals surface area contributed by atoms with Gasteiger partial charge in [0.2, 0.25) is 0 Å². The molecule has 1 heterocycles. The molecule has 3 nitrogen and oxygen atoms in total. The van der Waals surface area contributed by atoms with Crippen molar-refractivity contribution in [3.8, 4) is 0 Å². The number of anilines is 1. The number of hydrogen-bond donors (Lipinski definition) is 1. The standard InChI is InChI=1S/C17H27N3/c1-3-18-13(2)16-8-9-17(19-10-16)20(11-14-4-5-14)12-15-6-7-15/h8-10,13-15,18H,3-7,11-12H2,1-2H3. The van der Waals surface area contributed by atoms with Gasteiger partial charge in [0, 0.05) is 25.3 Å². The number of aromatic nitrogens is 1. The van der Waals surface area contributed by atoms with Gasteiger partial charge in [0.15, 0.2) is 0 Å². The minimum atomic E-state index is 0.391. The van der Waals surface area contributed by atoms with E-state index in [1.165, 1.54) is 50.2 Å². The van der Waals surface area contributed by atoms with Crippen LogP contribution in [0.2, 0.25) is 0 Å². The molecule has 0 radical (unpaired) electrons. The summed E-state index contributed by atoms with van der Waals surface area (Å²) in [4.78, 5) is 7.25. The average molecular weight is 273 g/mol. The highest BCUT2D eigenvalue weighted by atomic mass is 15.2. The minimum absolute atomic E-state index is 0.391. The van der Waals surface area contributed by atoms with Crippen LogP contribution in [0.25, 0.3) is 0 Å². The van der Waals surface area contributed by atoms with Crippen LogP contribution < -0.4 is 10.2 Å². The Balaban J connectivity index is 1.66. The Morgan fingerprint density at radius 1 is 1.20 bits per heavy atom. The van der Waals surface area contributed by atoms with Crippen molar-refractivity contribution in [3.63, 3.8) is 0 Å². The van der Waals surface area contributed by atoms with Gasteiger partial charge in [-0.25, -0.2) is 4.98 Å². The molecule has 2 fully saturated rings. The zero-order chi connectivity index (χ0) is 13.9. The highest BCUT2D eigenvalue weighted by molar-refractivity contribution is 5.40. The van der Waals surface area contributed by atoms with Gasteiger partial charge in [-0.3, -0.25) is 0 Å². The molecular formula is C17H27N3. The quantitative estimate of drug-likeness (QED) is 0.787. The Kier molecular flexibility index (Phi) is 4.25. The second-order valence-corrected chi connectivity index (χ2v) is 6.52. The van der Waals surface area contributed by atoms with Gasteiger partial charge in [-0.15, -0.1) is 0 Å². The van der Waals surface area contributed by atoms with Gasteiger partial charge in [0.1, 0.15) is 5.82 Å². The van der Waals surface area contributed by atoms with Crippen molar-refractivity contribution in [1.82, 2.24) is 10.3 Å². The maximum absolute atomic E-state index is 4.73. The number of nitrogens with zero attached hydrogens (tertiary/aromatic N) is 2. The van der Waals surface area contributed by atoms with E-state index in [0.717, 1.165) is 18.4 Å². The average Bonchev–Trinajstić information content (AvgIpc) is 3.34. The van der Waals surface area contributed by atoms with E-state index < -0.39 is 0 Å². The summed E-state index contributed by atoms with van der Waals surface area (Å²) in [6.07, 6.45) is 7.70. The molecule has 0 spiro atoms. The van der Waals surface area contributed by atoms with E-state index in [9.17, 15) is 0 Å². The summed E-state index contributed by atoms with van der Waals surface area (Å²) in [5, 5.41) is 3.44. The lowest BCUT2D eigenvalue weighted by Crippen LogP contribution is -2.29. The molecule has 2 saturated carbocycles. The number of rotatable bonds is 8. The highest BCUT2D eigenvalue weighted by Crippen LogP contribution is 2.35. The summed E-state index contributed by atoms with van der Waals surface area (Å²) >= 11 is 0. The second-order valence-electron chi connectivity index (χ2n) is 6.52. The molecule has 1 N–H and O–H groups in total. The molecule has 2 aliphatic rings. The predicted octanol–water partition coefficient (Wildman–Crippen LogP) is 3.38. The highest BCUT2D eigenvalue weighted by Gasteiger charge is 2.29. The largest absolute Gasteiger partial charge is 0.356 e. The van der Waals surface area contributed by atoms with Crippen molar-refractivity contribution in [1.29, 1.82) is 0 Å². The van der Waals surface area contributed by atoms with Crippen molar-refractivity contribution in [3.05, 3.63) is 23.9 Å². The summed E-state index contributed by atoms with van der Waals surface area (Å²) in [5.74, 6) is 3.03. The maximum Gasteiger partial charge on any atom is 0.128 e. The molecule has 0 bridgehead atoms. The Labute approximate surface area is 122 Å². The number of pyridine rings is 1. The van der Waals surface area contributed by atoms with Crippen LogP contribution in [0.15, 0.2) is 18.3 Å². The smallest absolute Gasteiger partial charge is 0.128 e. The van der Waals surface area contributed by atoms with Gasteiger partial charge in [0.05, 0.1) is 0 Å². The van der Waals surface area contributed by atoms with Crippen LogP contribution in [0.3, 0.4) is 0 Å². The summed E-state index contributed by atoms with van der Waals surface area (Å²) in [7, 11) is 0. The van der Waals surface area contributed by atoms with Crippen LogP contribution in [-0.2, 0) is 0 Å². The molecule has 2 aliphatic carbocycles. The predicted molar refractivity (Wildman–Crippen MR) is 84.0 cm³/mol. The molecule has 0 aliphatic heterocycles. The molecule has 1 atom stereocenters. The summed E-state index contributed by atoms with van der Waals surface area (Å²) in [6, 6.07) is 4.85. The van der Waals surface area contributed by atoms with Gasteiger partial charge < -0.3 is 10.2 Å². The molecule has 3 heteroatoms. The maximum atomic E-state index is 4.73. The third-order valence-electron chi connectivity index (χ3n) is 4.46. The van der Waals surface area contributed by atoms with Gasteiger partial charge in [-0.2, -0.15) is 0 Å². The fraction of sp³-hybridized carbons (Fsp3) is 0.706. The summed E-state index contributed by atoms with van der Waals surface area (Å²) in [5.41, 5.74) is 1.29. The lowest BCUT2D eigenvalue weighted by atomic mass is 10.1.